The molecular formula is C10H7Cl2N3O. The zero-order valence-corrected chi connectivity index (χ0v) is 9.51. The van der Waals surface area contributed by atoms with Gasteiger partial charge in [0.2, 0.25) is 0 Å². The van der Waals surface area contributed by atoms with Gasteiger partial charge in [-0.15, -0.1) is 0 Å². The average molecular weight is 256 g/mol. The van der Waals surface area contributed by atoms with Crippen LogP contribution in [0.5, 0.6) is 0 Å². The van der Waals surface area contributed by atoms with Gasteiger partial charge in [0.05, 0.1) is 27.5 Å². The zero-order valence-electron chi connectivity index (χ0n) is 8.00. The molecule has 0 fully saturated rings. The van der Waals surface area contributed by atoms with Crippen molar-refractivity contribution in [3.63, 3.8) is 0 Å². The van der Waals surface area contributed by atoms with E-state index in [0.717, 1.165) is 0 Å². The molecule has 1 amide bonds. The maximum Gasteiger partial charge on any atom is 0.258 e. The van der Waals surface area contributed by atoms with Gasteiger partial charge in [-0.3, -0.25) is 9.89 Å². The summed E-state index contributed by atoms with van der Waals surface area (Å²) in [6.07, 6.45) is 2.90. The molecule has 0 spiro atoms. The SMILES string of the molecule is O=C(Nc1c(Cl)cccc1Cl)c1cn[nH]c1. The predicted molar refractivity (Wildman–Crippen MR) is 63.0 cm³/mol. The monoisotopic (exact) mass is 255 g/mol. The summed E-state index contributed by atoms with van der Waals surface area (Å²) >= 11 is 11.8. The Morgan fingerprint density at radius 3 is 2.56 bits per heavy atom. The number of H-pyrrole nitrogens is 1. The van der Waals surface area contributed by atoms with Crippen LogP contribution in [0.2, 0.25) is 10.0 Å². The normalized spacial score (nSPS) is 10.1. The minimum Gasteiger partial charge on any atom is -0.319 e. The van der Waals surface area contributed by atoms with Gasteiger partial charge in [0.1, 0.15) is 0 Å². The second-order valence-electron chi connectivity index (χ2n) is 3.04. The van der Waals surface area contributed by atoms with Gasteiger partial charge < -0.3 is 5.32 Å². The summed E-state index contributed by atoms with van der Waals surface area (Å²) in [6, 6.07) is 5.01. The number of amides is 1. The summed E-state index contributed by atoms with van der Waals surface area (Å²) in [7, 11) is 0. The van der Waals surface area contributed by atoms with Crippen molar-refractivity contribution in [2.75, 3.05) is 5.32 Å². The Bertz CT molecular complexity index is 491. The van der Waals surface area contributed by atoms with Gasteiger partial charge in [-0.05, 0) is 12.1 Å². The molecule has 0 aliphatic carbocycles. The van der Waals surface area contributed by atoms with Gasteiger partial charge >= 0.3 is 0 Å². The third-order valence-electron chi connectivity index (χ3n) is 1.96. The first kappa shape index (κ1) is 11.0. The van der Waals surface area contributed by atoms with Gasteiger partial charge in [-0.1, -0.05) is 29.3 Å². The van der Waals surface area contributed by atoms with Crippen LogP contribution < -0.4 is 5.32 Å². The van der Waals surface area contributed by atoms with E-state index in [4.69, 9.17) is 23.2 Å². The van der Waals surface area contributed by atoms with Crippen LogP contribution in [0.25, 0.3) is 0 Å². The van der Waals surface area contributed by atoms with Gasteiger partial charge in [0, 0.05) is 6.20 Å². The maximum atomic E-state index is 11.7. The van der Waals surface area contributed by atoms with Crippen molar-refractivity contribution < 1.29 is 4.79 Å². The van der Waals surface area contributed by atoms with Gasteiger partial charge in [0.15, 0.2) is 0 Å². The van der Waals surface area contributed by atoms with Crippen LogP contribution in [0, 0.1) is 0 Å². The lowest BCUT2D eigenvalue weighted by Gasteiger charge is -2.07. The lowest BCUT2D eigenvalue weighted by atomic mass is 10.3. The summed E-state index contributed by atoms with van der Waals surface area (Å²) in [5.74, 6) is -0.316. The van der Waals surface area contributed by atoms with Crippen LogP contribution >= 0.6 is 23.2 Å². The fourth-order valence-electron chi connectivity index (χ4n) is 1.18. The average Bonchev–Trinajstić information content (AvgIpc) is 2.76. The van der Waals surface area contributed by atoms with Crippen LogP contribution in [0.1, 0.15) is 10.4 Å². The number of nitrogens with zero attached hydrogens (tertiary/aromatic N) is 1. The number of carbonyl (C=O) groups excluding carboxylic acids is 1. The number of halogens is 2. The largest absolute Gasteiger partial charge is 0.319 e. The van der Waals surface area contributed by atoms with Gasteiger partial charge in [0.25, 0.3) is 5.91 Å². The third kappa shape index (κ3) is 2.18. The summed E-state index contributed by atoms with van der Waals surface area (Å²) in [5, 5.41) is 9.63. The fourth-order valence-corrected chi connectivity index (χ4v) is 1.67. The van der Waals surface area contributed by atoms with Crippen molar-refractivity contribution in [1.29, 1.82) is 0 Å². The molecule has 2 N–H and O–H groups in total. The van der Waals surface area contributed by atoms with Crippen molar-refractivity contribution in [3.05, 3.63) is 46.2 Å². The van der Waals surface area contributed by atoms with Crippen LogP contribution in [-0.4, -0.2) is 16.1 Å². The van der Waals surface area contributed by atoms with Crippen molar-refractivity contribution in [1.82, 2.24) is 10.2 Å². The molecule has 6 heteroatoms. The first-order valence-corrected chi connectivity index (χ1v) is 5.18. The molecule has 0 atom stereocenters. The summed E-state index contributed by atoms with van der Waals surface area (Å²) in [6.45, 7) is 0. The predicted octanol–water partition coefficient (Wildman–Crippen LogP) is 2.97. The lowest BCUT2D eigenvalue weighted by Crippen LogP contribution is -2.11. The smallest absolute Gasteiger partial charge is 0.258 e. The zero-order chi connectivity index (χ0) is 11.5. The molecule has 4 nitrogen and oxygen atoms in total. The Morgan fingerprint density at radius 1 is 1.31 bits per heavy atom. The maximum absolute atomic E-state index is 11.7. The number of benzene rings is 1. The third-order valence-corrected chi connectivity index (χ3v) is 2.59. The molecule has 16 heavy (non-hydrogen) atoms. The Hall–Kier alpha value is -1.52. The minimum atomic E-state index is -0.316. The number of anilines is 1. The number of nitrogens with one attached hydrogen (secondary N) is 2. The molecule has 0 unspecified atom stereocenters. The van der Waals surface area contributed by atoms with Crippen molar-refractivity contribution >= 4 is 34.8 Å². The Morgan fingerprint density at radius 2 is 2.00 bits per heavy atom. The van der Waals surface area contributed by atoms with E-state index in [1.807, 2.05) is 0 Å². The van der Waals surface area contributed by atoms with E-state index >= 15 is 0 Å². The Kier molecular flexibility index (Phi) is 3.12. The van der Waals surface area contributed by atoms with Crippen LogP contribution in [0.3, 0.4) is 0 Å². The Labute approximate surface area is 102 Å². The highest BCUT2D eigenvalue weighted by Gasteiger charge is 2.11. The van der Waals surface area contributed by atoms with E-state index in [9.17, 15) is 4.79 Å². The number of aromatic amines is 1. The number of hydrogen-bond donors (Lipinski definition) is 2. The molecule has 2 aromatic rings. The molecule has 0 saturated heterocycles. The summed E-state index contributed by atoms with van der Waals surface area (Å²) in [4.78, 5) is 11.7. The number of carbonyl (C=O) groups is 1. The van der Waals surface area contributed by atoms with E-state index in [0.29, 0.717) is 21.3 Å². The second kappa shape index (κ2) is 4.55. The first-order chi connectivity index (χ1) is 7.68. The molecule has 0 saturated carbocycles. The van der Waals surface area contributed by atoms with Crippen molar-refractivity contribution in [2.45, 2.75) is 0 Å². The molecule has 2 rings (SSSR count). The molecule has 1 aromatic carbocycles. The number of rotatable bonds is 2. The van der Waals surface area contributed by atoms with Crippen LogP contribution in [0.15, 0.2) is 30.6 Å². The lowest BCUT2D eigenvalue weighted by molar-refractivity contribution is 0.102. The molecule has 1 aromatic heterocycles. The molecular weight excluding hydrogens is 249 g/mol. The number of para-hydroxylation sites is 1. The van der Waals surface area contributed by atoms with Crippen LogP contribution in [-0.2, 0) is 0 Å². The number of aromatic nitrogens is 2. The van der Waals surface area contributed by atoms with E-state index in [2.05, 4.69) is 15.5 Å². The van der Waals surface area contributed by atoms with E-state index < -0.39 is 0 Å². The number of hydrogen-bond acceptors (Lipinski definition) is 2. The minimum absolute atomic E-state index is 0.316. The first-order valence-electron chi connectivity index (χ1n) is 4.42. The van der Waals surface area contributed by atoms with E-state index in [1.165, 1.54) is 12.4 Å². The van der Waals surface area contributed by atoms with Gasteiger partial charge in [-0.25, -0.2) is 0 Å². The molecule has 0 aliphatic rings. The molecule has 0 aliphatic heterocycles. The Balaban J connectivity index is 2.25. The van der Waals surface area contributed by atoms with Crippen molar-refractivity contribution in [2.24, 2.45) is 0 Å². The standard InChI is InChI=1S/C10H7Cl2N3O/c11-7-2-1-3-8(12)9(7)15-10(16)6-4-13-14-5-6/h1-5H,(H,13,14)(H,15,16). The quantitative estimate of drug-likeness (QED) is 0.867. The summed E-state index contributed by atoms with van der Waals surface area (Å²) in [5.41, 5.74) is 0.813. The highest BCUT2D eigenvalue weighted by atomic mass is 35.5. The second-order valence-corrected chi connectivity index (χ2v) is 3.85. The van der Waals surface area contributed by atoms with Crippen LogP contribution in [0.4, 0.5) is 5.69 Å². The van der Waals surface area contributed by atoms with E-state index in [1.54, 1.807) is 18.2 Å². The highest BCUT2D eigenvalue weighted by Crippen LogP contribution is 2.29. The molecule has 82 valence electrons. The van der Waals surface area contributed by atoms with Gasteiger partial charge in [-0.2, -0.15) is 5.10 Å². The van der Waals surface area contributed by atoms with Crippen molar-refractivity contribution in [3.8, 4) is 0 Å². The highest BCUT2D eigenvalue weighted by molar-refractivity contribution is 6.40. The molecule has 0 bridgehead atoms. The van der Waals surface area contributed by atoms with E-state index in [-0.39, 0.29) is 5.91 Å². The molecule has 0 radical (unpaired) electrons. The summed E-state index contributed by atoms with van der Waals surface area (Å²) < 4.78 is 0. The topological polar surface area (TPSA) is 57.8 Å². The fraction of sp³-hybridized carbons (Fsp3) is 0. The molecule has 1 heterocycles.